The molecule has 0 saturated carbocycles. The topological polar surface area (TPSA) is 62.0 Å². The third-order valence-corrected chi connectivity index (χ3v) is 2.55. The molecule has 0 radical (unpaired) electrons. The van der Waals surface area contributed by atoms with Crippen LogP contribution in [0.4, 0.5) is 18.9 Å². The van der Waals surface area contributed by atoms with Crippen molar-refractivity contribution in [3.05, 3.63) is 39.7 Å². The van der Waals surface area contributed by atoms with Crippen molar-refractivity contribution >= 4 is 34.7 Å². The monoisotopic (exact) mass is 326 g/mol. The Morgan fingerprint density at radius 3 is 2.40 bits per heavy atom. The van der Waals surface area contributed by atoms with Crippen LogP contribution in [0, 0.1) is 0 Å². The molecule has 9 heteroatoms. The second-order valence-corrected chi connectivity index (χ2v) is 4.39. The first-order chi connectivity index (χ1) is 9.12. The van der Waals surface area contributed by atoms with Gasteiger partial charge in [-0.2, -0.15) is 13.2 Å². The molecule has 0 aliphatic carbocycles. The molecule has 0 bridgehead atoms. The van der Waals surface area contributed by atoms with Gasteiger partial charge in [0.1, 0.15) is 5.69 Å². The van der Waals surface area contributed by atoms with Crippen LogP contribution in [0.15, 0.2) is 39.9 Å². The summed E-state index contributed by atoms with van der Waals surface area (Å²) in [5.74, 6) is -3.21. The normalized spacial score (nSPS) is 13.5. The van der Waals surface area contributed by atoms with Gasteiger partial charge in [0.15, 0.2) is 11.5 Å². The van der Waals surface area contributed by atoms with Gasteiger partial charge in [-0.15, -0.1) is 10.2 Å². The van der Waals surface area contributed by atoms with E-state index in [9.17, 15) is 18.0 Å². The van der Waals surface area contributed by atoms with Gasteiger partial charge in [-0.3, -0.25) is 4.79 Å². The number of halogens is 5. The lowest BCUT2D eigenvalue weighted by Crippen LogP contribution is -2.16. The summed E-state index contributed by atoms with van der Waals surface area (Å²) in [6.07, 6.45) is -5.10. The molecule has 0 atom stereocenters. The van der Waals surface area contributed by atoms with E-state index in [-0.39, 0.29) is 15.7 Å². The average molecular weight is 327 g/mol. The highest BCUT2D eigenvalue weighted by atomic mass is 35.5. The van der Waals surface area contributed by atoms with Gasteiger partial charge in [-0.25, -0.2) is 0 Å². The Labute approximate surface area is 121 Å². The lowest BCUT2D eigenvalue weighted by atomic mass is 10.3. The number of azo groups is 1. The number of carbonyl (C=O) groups is 1. The van der Waals surface area contributed by atoms with Crippen LogP contribution in [-0.4, -0.2) is 17.1 Å². The van der Waals surface area contributed by atoms with Crippen molar-refractivity contribution in [3.8, 4) is 0 Å². The Morgan fingerprint density at radius 1 is 1.30 bits per heavy atom. The smallest absolute Gasteiger partial charge is 0.451 e. The summed E-state index contributed by atoms with van der Waals surface area (Å²) in [5.41, 5.74) is -1.25. The molecule has 0 saturated heterocycles. The summed E-state index contributed by atoms with van der Waals surface area (Å²) in [7, 11) is 0. The molecule has 0 aliphatic heterocycles. The number of hydrogen-bond donors (Lipinski definition) is 1. The van der Waals surface area contributed by atoms with E-state index in [0.717, 1.165) is 6.92 Å². The van der Waals surface area contributed by atoms with Crippen LogP contribution < -0.4 is 0 Å². The van der Waals surface area contributed by atoms with Gasteiger partial charge in [0.2, 0.25) is 5.76 Å². The fourth-order valence-corrected chi connectivity index (χ4v) is 1.41. The fraction of sp³-hybridized carbons (Fsp3) is 0.182. The van der Waals surface area contributed by atoms with E-state index in [1.54, 1.807) is 0 Å². The van der Waals surface area contributed by atoms with Crippen LogP contribution in [-0.2, 0) is 4.79 Å². The Hall–Kier alpha value is -1.60. The molecule has 1 aromatic carbocycles. The van der Waals surface area contributed by atoms with Gasteiger partial charge in [0.25, 0.3) is 0 Å². The average Bonchev–Trinajstić information content (AvgIpc) is 2.31. The van der Waals surface area contributed by atoms with Crippen molar-refractivity contribution < 1.29 is 23.1 Å². The largest absolute Gasteiger partial charge is 0.503 e. The molecule has 0 aromatic heterocycles. The maximum absolute atomic E-state index is 12.3. The van der Waals surface area contributed by atoms with Crippen molar-refractivity contribution in [2.75, 3.05) is 0 Å². The van der Waals surface area contributed by atoms with Crippen molar-refractivity contribution in [1.29, 1.82) is 0 Å². The number of nitrogens with zero attached hydrogens (tertiary/aromatic N) is 2. The molecule has 0 amide bonds. The number of allylic oxidation sites excluding steroid dienone is 2. The maximum Gasteiger partial charge on any atom is 0.451 e. The van der Waals surface area contributed by atoms with Crippen molar-refractivity contribution in [2.24, 2.45) is 10.2 Å². The van der Waals surface area contributed by atoms with Crippen LogP contribution in [0.1, 0.15) is 6.92 Å². The number of rotatable bonds is 3. The van der Waals surface area contributed by atoms with Crippen LogP contribution in [0.5, 0.6) is 0 Å². The zero-order chi connectivity index (χ0) is 15.5. The lowest BCUT2D eigenvalue weighted by Gasteiger charge is -2.06. The van der Waals surface area contributed by atoms with Crippen LogP contribution in [0.25, 0.3) is 0 Å². The molecule has 1 aromatic rings. The molecule has 1 N–H and O–H groups in total. The summed E-state index contributed by atoms with van der Waals surface area (Å²) in [4.78, 5) is 11.1. The predicted molar refractivity (Wildman–Crippen MR) is 67.4 cm³/mol. The van der Waals surface area contributed by atoms with Crippen molar-refractivity contribution in [2.45, 2.75) is 13.1 Å². The molecule has 0 fully saturated rings. The number of alkyl halides is 3. The van der Waals surface area contributed by atoms with Crippen LogP contribution in [0.3, 0.4) is 0 Å². The number of ketones is 1. The summed E-state index contributed by atoms with van der Waals surface area (Å²) in [6.45, 7) is 0.815. The molecule has 0 heterocycles. The second kappa shape index (κ2) is 6.23. The highest BCUT2D eigenvalue weighted by Gasteiger charge is 2.38. The van der Waals surface area contributed by atoms with Gasteiger partial charge in [0.05, 0.1) is 5.02 Å². The van der Waals surface area contributed by atoms with Gasteiger partial charge >= 0.3 is 6.18 Å². The molecule has 0 aliphatic rings. The van der Waals surface area contributed by atoms with Crippen LogP contribution >= 0.6 is 23.2 Å². The molecule has 0 spiro atoms. The molecule has 20 heavy (non-hydrogen) atoms. The van der Waals surface area contributed by atoms with E-state index in [4.69, 9.17) is 28.3 Å². The van der Waals surface area contributed by atoms with Crippen LogP contribution in [0.2, 0.25) is 10.0 Å². The van der Waals surface area contributed by atoms with Gasteiger partial charge in [-0.05, 0) is 18.2 Å². The summed E-state index contributed by atoms with van der Waals surface area (Å²) >= 11 is 11.4. The first kappa shape index (κ1) is 16.5. The number of carbonyl (C=O) groups excluding carboxylic acids is 1. The number of aliphatic hydroxyl groups excluding tert-OH is 1. The SMILES string of the molecule is CC(=O)/C(N=Nc1cc(Cl)ccc1Cl)=C(\O)C(F)(F)F. The number of aliphatic hydroxyl groups is 1. The summed E-state index contributed by atoms with van der Waals surface area (Å²) < 4.78 is 37.0. The number of Topliss-reactive ketones (excluding diaryl/α,β-unsaturated/α-hetero) is 1. The van der Waals surface area contributed by atoms with E-state index >= 15 is 0 Å². The summed E-state index contributed by atoms with van der Waals surface area (Å²) in [5, 5.41) is 15.7. The van der Waals surface area contributed by atoms with Gasteiger partial charge in [0, 0.05) is 11.9 Å². The Kier molecular flexibility index (Phi) is 5.13. The Morgan fingerprint density at radius 2 is 1.90 bits per heavy atom. The maximum atomic E-state index is 12.3. The molecule has 108 valence electrons. The molecular weight excluding hydrogens is 320 g/mol. The number of benzene rings is 1. The Balaban J connectivity index is 3.25. The first-order valence-electron chi connectivity index (χ1n) is 5.01. The van der Waals surface area contributed by atoms with Gasteiger partial charge in [-0.1, -0.05) is 23.2 Å². The highest BCUT2D eigenvalue weighted by molar-refractivity contribution is 6.35. The van der Waals surface area contributed by atoms with E-state index < -0.39 is 23.4 Å². The molecule has 0 unspecified atom stereocenters. The minimum absolute atomic E-state index is 0.0344. The first-order valence-corrected chi connectivity index (χ1v) is 5.76. The van der Waals surface area contributed by atoms with E-state index in [0.29, 0.717) is 0 Å². The predicted octanol–water partition coefficient (Wildman–Crippen LogP) is 5.00. The second-order valence-electron chi connectivity index (χ2n) is 3.55. The van der Waals surface area contributed by atoms with E-state index in [1.165, 1.54) is 18.2 Å². The van der Waals surface area contributed by atoms with Gasteiger partial charge < -0.3 is 5.11 Å². The minimum atomic E-state index is -5.10. The van der Waals surface area contributed by atoms with Crippen molar-refractivity contribution in [3.63, 3.8) is 0 Å². The fourth-order valence-electron chi connectivity index (χ4n) is 1.09. The zero-order valence-electron chi connectivity index (χ0n) is 9.87. The quantitative estimate of drug-likeness (QED) is 0.482. The Bertz CT molecular complexity index is 598. The van der Waals surface area contributed by atoms with E-state index in [2.05, 4.69) is 10.2 Å². The highest BCUT2D eigenvalue weighted by Crippen LogP contribution is 2.31. The lowest BCUT2D eigenvalue weighted by molar-refractivity contribution is -0.126. The molecular formula is C11H7Cl2F3N2O2. The third kappa shape index (κ3) is 4.21. The number of hydrogen-bond acceptors (Lipinski definition) is 4. The zero-order valence-corrected chi connectivity index (χ0v) is 11.4. The van der Waals surface area contributed by atoms with E-state index in [1.807, 2.05) is 0 Å². The minimum Gasteiger partial charge on any atom is -0.503 e. The summed E-state index contributed by atoms with van der Waals surface area (Å²) in [6, 6.07) is 4.05. The standard InChI is InChI=1S/C11H7Cl2F3N2O2/c1-5(19)9(10(20)11(14,15)16)18-17-8-4-6(12)2-3-7(8)13/h2-4,20H,1H3/b10-9+,18-17?. The molecule has 1 rings (SSSR count). The molecule has 4 nitrogen and oxygen atoms in total. The third-order valence-electron chi connectivity index (χ3n) is 1.99. The van der Waals surface area contributed by atoms with Crippen molar-refractivity contribution in [1.82, 2.24) is 0 Å².